The molecule has 1 saturated heterocycles. The maximum atomic E-state index is 12.0. The summed E-state index contributed by atoms with van der Waals surface area (Å²) in [5.41, 5.74) is 0. The van der Waals surface area contributed by atoms with E-state index in [2.05, 4.69) is 52.1 Å². The molecule has 1 fully saturated rings. The van der Waals surface area contributed by atoms with Gasteiger partial charge in [-0.15, -0.1) is 11.8 Å². The Bertz CT molecular complexity index is 474. The second-order valence-corrected chi connectivity index (χ2v) is 7.69. The number of hydrogen-bond acceptors (Lipinski definition) is 4. The minimum atomic E-state index is 0.0951. The number of morpholine rings is 1. The van der Waals surface area contributed by atoms with Gasteiger partial charge in [-0.3, -0.25) is 9.69 Å². The van der Waals surface area contributed by atoms with Crippen molar-refractivity contribution in [3.8, 4) is 0 Å². The van der Waals surface area contributed by atoms with E-state index in [1.165, 1.54) is 4.90 Å². The third kappa shape index (κ3) is 6.28. The first kappa shape index (κ1) is 17.8. The summed E-state index contributed by atoms with van der Waals surface area (Å²) in [4.78, 5) is 15.4. The first-order chi connectivity index (χ1) is 10.5. The highest BCUT2D eigenvalue weighted by atomic mass is 79.9. The highest BCUT2D eigenvalue weighted by Crippen LogP contribution is 2.19. The Hall–Kier alpha value is -0.560. The van der Waals surface area contributed by atoms with Gasteiger partial charge in [-0.1, -0.05) is 15.9 Å². The Morgan fingerprint density at radius 2 is 1.95 bits per heavy atom. The molecule has 0 unspecified atom stereocenters. The second-order valence-electron chi connectivity index (χ2n) is 5.60. The van der Waals surface area contributed by atoms with E-state index < -0.39 is 0 Å². The van der Waals surface area contributed by atoms with Crippen LogP contribution in [0.25, 0.3) is 0 Å². The molecule has 1 heterocycles. The lowest BCUT2D eigenvalue weighted by molar-refractivity contribution is -0.125. The molecule has 1 aliphatic heterocycles. The van der Waals surface area contributed by atoms with Crippen LogP contribution >= 0.6 is 27.7 Å². The fraction of sp³-hybridized carbons (Fsp3) is 0.562. The van der Waals surface area contributed by atoms with E-state index in [0.29, 0.717) is 13.1 Å². The largest absolute Gasteiger partial charge is 0.373 e. The second kappa shape index (κ2) is 8.91. The quantitative estimate of drug-likeness (QED) is 0.602. The normalized spacial score (nSPS) is 22.5. The zero-order chi connectivity index (χ0) is 15.9. The van der Waals surface area contributed by atoms with Gasteiger partial charge in [0.05, 0.1) is 18.8 Å². The summed E-state index contributed by atoms with van der Waals surface area (Å²) < 4.78 is 6.76. The molecule has 1 aromatic carbocycles. The van der Waals surface area contributed by atoms with Crippen LogP contribution in [0.2, 0.25) is 0 Å². The molecule has 122 valence electrons. The molecule has 1 amide bonds. The van der Waals surface area contributed by atoms with E-state index in [0.717, 1.165) is 23.3 Å². The smallest absolute Gasteiger partial charge is 0.234 e. The number of thioether (sulfide) groups is 1. The van der Waals surface area contributed by atoms with Crippen LogP contribution in [0, 0.1) is 0 Å². The van der Waals surface area contributed by atoms with Gasteiger partial charge in [-0.2, -0.15) is 0 Å². The third-order valence-electron chi connectivity index (χ3n) is 3.37. The first-order valence-electron chi connectivity index (χ1n) is 7.56. The summed E-state index contributed by atoms with van der Waals surface area (Å²) in [6, 6.07) is 8.21. The SMILES string of the molecule is C[C@@H]1CN(CC(=O)NCCSc2ccc(Br)cc2)C[C@@H](C)O1. The highest BCUT2D eigenvalue weighted by molar-refractivity contribution is 9.10. The standard InChI is InChI=1S/C16H23BrN2O2S/c1-12-9-19(10-13(2)21-12)11-16(20)18-7-8-22-15-5-3-14(17)4-6-15/h3-6,12-13H,7-11H2,1-2H3,(H,18,20)/t12-,13-/m1/s1. The number of nitrogens with zero attached hydrogens (tertiary/aromatic N) is 1. The molecule has 0 aromatic heterocycles. The van der Waals surface area contributed by atoms with Gasteiger partial charge in [0.1, 0.15) is 0 Å². The van der Waals surface area contributed by atoms with Crippen molar-refractivity contribution in [2.24, 2.45) is 0 Å². The van der Waals surface area contributed by atoms with Crippen LogP contribution in [0.1, 0.15) is 13.8 Å². The molecule has 0 spiro atoms. The molecular weight excluding hydrogens is 364 g/mol. The number of halogens is 1. The Labute approximate surface area is 145 Å². The van der Waals surface area contributed by atoms with Crippen molar-refractivity contribution in [1.82, 2.24) is 10.2 Å². The van der Waals surface area contributed by atoms with E-state index in [9.17, 15) is 4.79 Å². The highest BCUT2D eigenvalue weighted by Gasteiger charge is 2.23. The van der Waals surface area contributed by atoms with Gasteiger partial charge < -0.3 is 10.1 Å². The zero-order valence-electron chi connectivity index (χ0n) is 13.0. The molecule has 0 aliphatic carbocycles. The van der Waals surface area contributed by atoms with Gasteiger partial charge >= 0.3 is 0 Å². The van der Waals surface area contributed by atoms with Crippen molar-refractivity contribution in [3.05, 3.63) is 28.7 Å². The first-order valence-corrected chi connectivity index (χ1v) is 9.33. The van der Waals surface area contributed by atoms with E-state index in [4.69, 9.17) is 4.74 Å². The fourth-order valence-corrected chi connectivity index (χ4v) is 3.60. The van der Waals surface area contributed by atoms with Gasteiger partial charge in [0.15, 0.2) is 0 Å². The minimum absolute atomic E-state index is 0.0951. The Balaban J connectivity index is 1.62. The van der Waals surface area contributed by atoms with E-state index >= 15 is 0 Å². The van der Waals surface area contributed by atoms with Crippen LogP contribution < -0.4 is 5.32 Å². The minimum Gasteiger partial charge on any atom is -0.373 e. The fourth-order valence-electron chi connectivity index (χ4n) is 2.56. The summed E-state index contributed by atoms with van der Waals surface area (Å²) >= 11 is 5.17. The van der Waals surface area contributed by atoms with Gasteiger partial charge in [-0.05, 0) is 38.1 Å². The molecule has 2 rings (SSSR count). The maximum Gasteiger partial charge on any atom is 0.234 e. The van der Waals surface area contributed by atoms with Crippen molar-refractivity contribution >= 4 is 33.6 Å². The molecule has 1 aliphatic rings. The summed E-state index contributed by atoms with van der Waals surface area (Å²) in [5, 5.41) is 2.99. The Kier molecular flexibility index (Phi) is 7.21. The average molecular weight is 387 g/mol. The summed E-state index contributed by atoms with van der Waals surface area (Å²) in [6.45, 7) is 6.90. The summed E-state index contributed by atoms with van der Waals surface area (Å²) in [7, 11) is 0. The van der Waals surface area contributed by atoms with Crippen molar-refractivity contribution in [3.63, 3.8) is 0 Å². The molecule has 1 N–H and O–H groups in total. The van der Waals surface area contributed by atoms with E-state index in [-0.39, 0.29) is 18.1 Å². The van der Waals surface area contributed by atoms with Crippen molar-refractivity contribution in [1.29, 1.82) is 0 Å². The molecule has 0 radical (unpaired) electrons. The maximum absolute atomic E-state index is 12.0. The molecule has 0 saturated carbocycles. The number of carbonyl (C=O) groups is 1. The van der Waals surface area contributed by atoms with Gasteiger partial charge in [-0.25, -0.2) is 0 Å². The van der Waals surface area contributed by atoms with Gasteiger partial charge in [0.25, 0.3) is 0 Å². The lowest BCUT2D eigenvalue weighted by Crippen LogP contribution is -2.49. The third-order valence-corrected chi connectivity index (χ3v) is 4.91. The van der Waals surface area contributed by atoms with E-state index in [1.807, 2.05) is 12.1 Å². The number of rotatable bonds is 6. The summed E-state index contributed by atoms with van der Waals surface area (Å²) in [5.74, 6) is 0.973. The number of benzene rings is 1. The van der Waals surface area contributed by atoms with Gasteiger partial charge in [0, 0.05) is 34.8 Å². The molecule has 4 nitrogen and oxygen atoms in total. The number of nitrogens with one attached hydrogen (secondary N) is 1. The lowest BCUT2D eigenvalue weighted by atomic mass is 10.2. The zero-order valence-corrected chi connectivity index (χ0v) is 15.5. The molecule has 22 heavy (non-hydrogen) atoms. The molecular formula is C16H23BrN2O2S. The predicted octanol–water partition coefficient (Wildman–Crippen LogP) is 2.77. The molecule has 0 bridgehead atoms. The monoisotopic (exact) mass is 386 g/mol. The summed E-state index contributed by atoms with van der Waals surface area (Å²) in [6.07, 6.45) is 0.397. The number of carbonyl (C=O) groups excluding carboxylic acids is 1. The number of hydrogen-bond donors (Lipinski definition) is 1. The molecule has 1 aromatic rings. The average Bonchev–Trinajstić information content (AvgIpc) is 2.44. The van der Waals surface area contributed by atoms with Crippen LogP contribution in [0.3, 0.4) is 0 Å². The van der Waals surface area contributed by atoms with Crippen molar-refractivity contribution in [2.45, 2.75) is 31.0 Å². The predicted molar refractivity (Wildman–Crippen MR) is 94.3 cm³/mol. The molecule has 2 atom stereocenters. The van der Waals surface area contributed by atoms with Crippen LogP contribution in [0.5, 0.6) is 0 Å². The van der Waals surface area contributed by atoms with Crippen molar-refractivity contribution < 1.29 is 9.53 Å². The number of ether oxygens (including phenoxy) is 1. The Morgan fingerprint density at radius 1 is 1.32 bits per heavy atom. The van der Waals surface area contributed by atoms with Crippen LogP contribution in [-0.2, 0) is 9.53 Å². The lowest BCUT2D eigenvalue weighted by Gasteiger charge is -2.34. The molecule has 6 heteroatoms. The van der Waals surface area contributed by atoms with Crippen LogP contribution in [0.4, 0.5) is 0 Å². The topological polar surface area (TPSA) is 41.6 Å². The van der Waals surface area contributed by atoms with E-state index in [1.54, 1.807) is 11.8 Å². The Morgan fingerprint density at radius 3 is 2.59 bits per heavy atom. The van der Waals surface area contributed by atoms with Crippen LogP contribution in [-0.4, -0.2) is 54.9 Å². The number of amides is 1. The van der Waals surface area contributed by atoms with Gasteiger partial charge in [0.2, 0.25) is 5.91 Å². The van der Waals surface area contributed by atoms with Crippen molar-refractivity contribution in [2.75, 3.05) is 31.9 Å². The van der Waals surface area contributed by atoms with Crippen LogP contribution in [0.15, 0.2) is 33.6 Å².